The Kier molecular flexibility index (Phi) is 3.42. The van der Waals surface area contributed by atoms with Crippen molar-refractivity contribution >= 4 is 16.7 Å². The normalized spacial score (nSPS) is 16.1. The van der Waals surface area contributed by atoms with Crippen molar-refractivity contribution in [3.8, 4) is 0 Å². The van der Waals surface area contributed by atoms with Crippen LogP contribution in [0.15, 0.2) is 18.2 Å². The van der Waals surface area contributed by atoms with Crippen LogP contribution in [-0.2, 0) is 6.42 Å². The number of anilines is 1. The predicted octanol–water partition coefficient (Wildman–Crippen LogP) is 2.42. The molecule has 4 nitrogen and oxygen atoms in total. The summed E-state index contributed by atoms with van der Waals surface area (Å²) in [5, 5.41) is 0. The van der Waals surface area contributed by atoms with Gasteiger partial charge in [-0.25, -0.2) is 4.98 Å². The minimum atomic E-state index is 0.782. The summed E-state index contributed by atoms with van der Waals surface area (Å²) < 4.78 is 0. The van der Waals surface area contributed by atoms with Crippen LogP contribution in [0.2, 0.25) is 0 Å². The predicted molar refractivity (Wildman–Crippen MR) is 79.0 cm³/mol. The molecule has 0 aliphatic heterocycles. The van der Waals surface area contributed by atoms with E-state index in [0.717, 1.165) is 41.4 Å². The highest BCUT2D eigenvalue weighted by Gasteiger charge is 2.18. The Balaban J connectivity index is 1.58. The lowest BCUT2D eigenvalue weighted by molar-refractivity contribution is 0.206. The molecule has 3 N–H and O–H groups in total. The van der Waals surface area contributed by atoms with Crippen LogP contribution in [0, 0.1) is 5.92 Å². The summed E-state index contributed by atoms with van der Waals surface area (Å²) in [7, 11) is 2.21. The van der Waals surface area contributed by atoms with Gasteiger partial charge in [-0.3, -0.25) is 0 Å². The third-order valence-corrected chi connectivity index (χ3v) is 4.08. The molecule has 0 saturated heterocycles. The Morgan fingerprint density at radius 1 is 1.42 bits per heavy atom. The van der Waals surface area contributed by atoms with Gasteiger partial charge in [0.25, 0.3) is 0 Å². The van der Waals surface area contributed by atoms with Crippen LogP contribution in [0.25, 0.3) is 11.0 Å². The molecule has 1 aliphatic rings. The van der Waals surface area contributed by atoms with Gasteiger partial charge in [-0.15, -0.1) is 0 Å². The Hall–Kier alpha value is -1.55. The molecule has 0 amide bonds. The van der Waals surface area contributed by atoms with Crippen molar-refractivity contribution in [3.63, 3.8) is 0 Å². The van der Waals surface area contributed by atoms with Gasteiger partial charge >= 0.3 is 0 Å². The first-order valence-electron chi connectivity index (χ1n) is 7.13. The molecule has 102 valence electrons. The maximum absolute atomic E-state index is 5.78. The Labute approximate surface area is 114 Å². The third kappa shape index (κ3) is 2.89. The number of H-pyrrole nitrogens is 1. The van der Waals surface area contributed by atoms with Crippen molar-refractivity contribution in [2.24, 2.45) is 5.92 Å². The van der Waals surface area contributed by atoms with Crippen molar-refractivity contribution in [2.75, 3.05) is 25.9 Å². The first kappa shape index (κ1) is 12.5. The number of imidazole rings is 1. The molecule has 1 fully saturated rings. The zero-order chi connectivity index (χ0) is 13.2. The van der Waals surface area contributed by atoms with E-state index in [-0.39, 0.29) is 0 Å². The molecule has 2 aromatic rings. The summed E-state index contributed by atoms with van der Waals surface area (Å²) in [6, 6.07) is 5.82. The molecule has 19 heavy (non-hydrogen) atoms. The van der Waals surface area contributed by atoms with Crippen molar-refractivity contribution in [2.45, 2.75) is 25.7 Å². The number of aromatic amines is 1. The molecule has 1 aromatic carbocycles. The van der Waals surface area contributed by atoms with Crippen LogP contribution < -0.4 is 5.73 Å². The van der Waals surface area contributed by atoms with Crippen molar-refractivity contribution in [1.82, 2.24) is 14.9 Å². The maximum atomic E-state index is 5.78. The van der Waals surface area contributed by atoms with Crippen molar-refractivity contribution in [1.29, 1.82) is 0 Å². The largest absolute Gasteiger partial charge is 0.399 e. The first-order chi connectivity index (χ1) is 9.20. The van der Waals surface area contributed by atoms with Crippen LogP contribution >= 0.6 is 0 Å². The van der Waals surface area contributed by atoms with Gasteiger partial charge in [0.2, 0.25) is 0 Å². The van der Waals surface area contributed by atoms with Crippen LogP contribution in [-0.4, -0.2) is 35.0 Å². The Morgan fingerprint density at radius 2 is 2.26 bits per heavy atom. The van der Waals surface area contributed by atoms with Gasteiger partial charge in [-0.1, -0.05) is 6.42 Å². The van der Waals surface area contributed by atoms with E-state index in [1.807, 2.05) is 18.2 Å². The van der Waals surface area contributed by atoms with Gasteiger partial charge in [0.05, 0.1) is 11.0 Å². The first-order valence-corrected chi connectivity index (χ1v) is 7.13. The number of nitrogens with one attached hydrogen (secondary N) is 1. The van der Waals surface area contributed by atoms with E-state index in [0.29, 0.717) is 0 Å². The van der Waals surface area contributed by atoms with E-state index >= 15 is 0 Å². The quantitative estimate of drug-likeness (QED) is 0.810. The maximum Gasteiger partial charge on any atom is 0.108 e. The monoisotopic (exact) mass is 258 g/mol. The van der Waals surface area contributed by atoms with E-state index < -0.39 is 0 Å². The third-order valence-electron chi connectivity index (χ3n) is 4.08. The highest BCUT2D eigenvalue weighted by atomic mass is 15.1. The van der Waals surface area contributed by atoms with E-state index in [9.17, 15) is 0 Å². The number of fused-ring (bicyclic) bond motifs is 1. The van der Waals surface area contributed by atoms with E-state index in [4.69, 9.17) is 5.73 Å². The number of hydrogen-bond acceptors (Lipinski definition) is 3. The summed E-state index contributed by atoms with van der Waals surface area (Å²) in [4.78, 5) is 10.4. The van der Waals surface area contributed by atoms with Crippen LogP contribution in [0.1, 0.15) is 25.1 Å². The SMILES string of the molecule is CN(CCc1nc2ccc(N)cc2[nH]1)CC1CCC1. The minimum Gasteiger partial charge on any atom is -0.399 e. The van der Waals surface area contributed by atoms with Crippen molar-refractivity contribution in [3.05, 3.63) is 24.0 Å². The average molecular weight is 258 g/mol. The molecule has 0 atom stereocenters. The van der Waals surface area contributed by atoms with Gasteiger partial charge in [0, 0.05) is 25.2 Å². The lowest BCUT2D eigenvalue weighted by atomic mass is 9.85. The minimum absolute atomic E-state index is 0.782. The zero-order valence-electron chi connectivity index (χ0n) is 11.5. The van der Waals surface area contributed by atoms with Crippen molar-refractivity contribution < 1.29 is 0 Å². The summed E-state index contributed by atoms with van der Waals surface area (Å²) in [5.74, 6) is 1.99. The van der Waals surface area contributed by atoms with Crippen LogP contribution in [0.4, 0.5) is 5.69 Å². The van der Waals surface area contributed by atoms with Gasteiger partial charge < -0.3 is 15.6 Å². The number of nitrogens with zero attached hydrogens (tertiary/aromatic N) is 2. The van der Waals surface area contributed by atoms with Crippen LogP contribution in [0.5, 0.6) is 0 Å². The summed E-state index contributed by atoms with van der Waals surface area (Å²) in [5.41, 5.74) is 8.60. The summed E-state index contributed by atoms with van der Waals surface area (Å²) >= 11 is 0. The number of nitrogens with two attached hydrogens (primary N) is 1. The Bertz CT molecular complexity index is 556. The fraction of sp³-hybridized carbons (Fsp3) is 0.533. The van der Waals surface area contributed by atoms with E-state index in [1.165, 1.54) is 25.8 Å². The molecule has 0 bridgehead atoms. The molecule has 0 spiro atoms. The molecule has 0 radical (unpaired) electrons. The van der Waals surface area contributed by atoms with Gasteiger partial charge in [0.1, 0.15) is 5.82 Å². The molecular weight excluding hydrogens is 236 g/mol. The number of benzene rings is 1. The van der Waals surface area contributed by atoms with Gasteiger partial charge in [0.15, 0.2) is 0 Å². The fourth-order valence-electron chi connectivity index (χ4n) is 2.70. The smallest absolute Gasteiger partial charge is 0.108 e. The van der Waals surface area contributed by atoms with E-state index in [2.05, 4.69) is 21.9 Å². The number of likely N-dealkylation sites (N-methyl/N-ethyl adjacent to an activating group) is 1. The number of aromatic nitrogens is 2. The fourth-order valence-corrected chi connectivity index (χ4v) is 2.70. The molecule has 1 heterocycles. The molecule has 1 saturated carbocycles. The molecule has 0 unspecified atom stereocenters. The molecular formula is C15H22N4. The lowest BCUT2D eigenvalue weighted by Gasteiger charge is -2.29. The second kappa shape index (κ2) is 5.21. The summed E-state index contributed by atoms with van der Waals surface area (Å²) in [6.07, 6.45) is 5.21. The Morgan fingerprint density at radius 3 is 3.00 bits per heavy atom. The number of hydrogen-bond donors (Lipinski definition) is 2. The van der Waals surface area contributed by atoms with Gasteiger partial charge in [-0.2, -0.15) is 0 Å². The molecule has 3 rings (SSSR count). The van der Waals surface area contributed by atoms with Gasteiger partial charge in [-0.05, 0) is 44.0 Å². The molecule has 1 aromatic heterocycles. The highest BCUT2D eigenvalue weighted by Crippen LogP contribution is 2.26. The van der Waals surface area contributed by atoms with E-state index in [1.54, 1.807) is 0 Å². The standard InChI is InChI=1S/C15H22N4/c1-19(10-11-3-2-4-11)8-7-15-17-13-6-5-12(16)9-14(13)18-15/h5-6,9,11H,2-4,7-8,10,16H2,1H3,(H,17,18). The highest BCUT2D eigenvalue weighted by molar-refractivity contribution is 5.78. The lowest BCUT2D eigenvalue weighted by Crippen LogP contribution is -2.31. The number of rotatable bonds is 5. The summed E-state index contributed by atoms with van der Waals surface area (Å²) in [6.45, 7) is 2.29. The topological polar surface area (TPSA) is 57.9 Å². The average Bonchev–Trinajstić information content (AvgIpc) is 2.73. The molecule has 1 aliphatic carbocycles. The second-order valence-corrected chi connectivity index (χ2v) is 5.77. The zero-order valence-corrected chi connectivity index (χ0v) is 11.5. The second-order valence-electron chi connectivity index (χ2n) is 5.77. The molecule has 4 heteroatoms. The number of nitrogen functional groups attached to an aromatic ring is 1. The van der Waals surface area contributed by atoms with Crippen LogP contribution in [0.3, 0.4) is 0 Å².